The van der Waals surface area contributed by atoms with Gasteiger partial charge in [0.05, 0.1) is 25.0 Å². The molecule has 0 fully saturated rings. The van der Waals surface area contributed by atoms with Gasteiger partial charge in [-0.2, -0.15) is 0 Å². The van der Waals surface area contributed by atoms with Crippen molar-refractivity contribution in [3.63, 3.8) is 0 Å². The second-order valence-corrected chi connectivity index (χ2v) is 6.31. The third kappa shape index (κ3) is 4.85. The molecule has 4 N–H and O–H groups in total. The van der Waals surface area contributed by atoms with Crippen molar-refractivity contribution >= 4 is 46.3 Å². The first-order valence-corrected chi connectivity index (χ1v) is 9.15. The number of nitrogens with zero attached hydrogens (tertiary/aromatic N) is 2. The molecular weight excluding hydrogens is 394 g/mol. The number of carbonyl (C=O) groups excluding carboxylic acids is 1. The zero-order chi connectivity index (χ0) is 20.8. The van der Waals surface area contributed by atoms with E-state index in [4.69, 9.17) is 26.8 Å². The molecule has 150 valence electrons. The van der Waals surface area contributed by atoms with Gasteiger partial charge in [-0.3, -0.25) is 0 Å². The Morgan fingerprint density at radius 2 is 1.79 bits per heavy atom. The number of rotatable bonds is 7. The van der Waals surface area contributed by atoms with E-state index in [-0.39, 0.29) is 5.97 Å². The maximum Gasteiger partial charge on any atom is 0.338 e. The topological polar surface area (TPSA) is 111 Å². The van der Waals surface area contributed by atoms with Crippen LogP contribution >= 0.6 is 11.6 Å². The number of aromatic nitrogens is 2. The van der Waals surface area contributed by atoms with Crippen molar-refractivity contribution in [3.05, 3.63) is 59.4 Å². The lowest BCUT2D eigenvalue weighted by Crippen LogP contribution is -2.06. The lowest BCUT2D eigenvalue weighted by molar-refractivity contribution is 0.0526. The van der Waals surface area contributed by atoms with Gasteiger partial charge in [0, 0.05) is 10.7 Å². The molecule has 0 saturated carbocycles. The van der Waals surface area contributed by atoms with Crippen LogP contribution in [0.2, 0.25) is 5.02 Å². The summed E-state index contributed by atoms with van der Waals surface area (Å²) in [5.41, 5.74) is 8.32. The Labute approximate surface area is 173 Å². The van der Waals surface area contributed by atoms with Crippen LogP contribution in [0.15, 0.2) is 48.8 Å². The Morgan fingerprint density at radius 3 is 2.45 bits per heavy atom. The number of hydrogen-bond acceptors (Lipinski definition) is 8. The number of anilines is 5. The number of methoxy groups -OCH3 is 1. The first-order valence-electron chi connectivity index (χ1n) is 8.77. The van der Waals surface area contributed by atoms with E-state index in [1.807, 2.05) is 0 Å². The molecule has 0 aliphatic carbocycles. The lowest BCUT2D eigenvalue weighted by Gasteiger charge is -2.14. The van der Waals surface area contributed by atoms with Gasteiger partial charge in [-0.15, -0.1) is 0 Å². The number of esters is 1. The number of nitrogens with two attached hydrogens (primary N) is 1. The molecule has 0 amide bonds. The van der Waals surface area contributed by atoms with Gasteiger partial charge in [0.15, 0.2) is 11.6 Å². The van der Waals surface area contributed by atoms with E-state index < -0.39 is 0 Å². The second kappa shape index (κ2) is 9.11. The summed E-state index contributed by atoms with van der Waals surface area (Å²) in [5.74, 6) is 1.03. The number of nitrogen functional groups attached to an aromatic ring is 1. The summed E-state index contributed by atoms with van der Waals surface area (Å²) in [5, 5.41) is 6.76. The van der Waals surface area contributed by atoms with Crippen LogP contribution in [0.4, 0.5) is 28.7 Å². The van der Waals surface area contributed by atoms with E-state index in [9.17, 15) is 4.79 Å². The minimum atomic E-state index is -0.373. The van der Waals surface area contributed by atoms with E-state index in [0.29, 0.717) is 51.6 Å². The van der Waals surface area contributed by atoms with Crippen LogP contribution < -0.4 is 21.1 Å². The molecule has 0 bridgehead atoms. The first kappa shape index (κ1) is 20.2. The third-order valence-corrected chi connectivity index (χ3v) is 4.19. The maximum absolute atomic E-state index is 11.8. The summed E-state index contributed by atoms with van der Waals surface area (Å²) in [4.78, 5) is 20.1. The Kier molecular flexibility index (Phi) is 6.36. The molecule has 3 rings (SSSR count). The number of benzene rings is 2. The number of hydrogen-bond donors (Lipinski definition) is 3. The van der Waals surface area contributed by atoms with E-state index >= 15 is 0 Å². The van der Waals surface area contributed by atoms with Gasteiger partial charge < -0.3 is 25.8 Å². The van der Waals surface area contributed by atoms with Crippen molar-refractivity contribution < 1.29 is 14.3 Å². The highest BCUT2D eigenvalue weighted by molar-refractivity contribution is 6.31. The molecule has 0 unspecified atom stereocenters. The summed E-state index contributed by atoms with van der Waals surface area (Å²) in [6, 6.07) is 12.0. The zero-order valence-corrected chi connectivity index (χ0v) is 16.7. The molecular formula is C20H20ClN5O3. The molecule has 0 radical (unpaired) electrons. The van der Waals surface area contributed by atoms with E-state index in [1.54, 1.807) is 56.5 Å². The van der Waals surface area contributed by atoms with Crippen LogP contribution in [-0.2, 0) is 4.74 Å². The molecule has 8 nitrogen and oxygen atoms in total. The minimum absolute atomic E-state index is 0.309. The highest BCUT2D eigenvalue weighted by Gasteiger charge is 2.12. The van der Waals surface area contributed by atoms with E-state index in [0.717, 1.165) is 0 Å². The predicted molar refractivity (Wildman–Crippen MR) is 113 cm³/mol. The first-order chi connectivity index (χ1) is 14.0. The van der Waals surface area contributed by atoms with Crippen molar-refractivity contribution in [2.45, 2.75) is 6.92 Å². The van der Waals surface area contributed by atoms with Gasteiger partial charge >= 0.3 is 5.97 Å². The van der Waals surface area contributed by atoms with Crippen LogP contribution in [0.25, 0.3) is 0 Å². The molecule has 0 aliphatic heterocycles. The molecule has 0 aliphatic rings. The Bertz CT molecular complexity index is 1010. The molecule has 9 heteroatoms. The lowest BCUT2D eigenvalue weighted by atomic mass is 10.2. The average Bonchev–Trinajstić information content (AvgIpc) is 2.72. The number of halogens is 1. The van der Waals surface area contributed by atoms with Crippen LogP contribution in [-0.4, -0.2) is 29.7 Å². The standard InChI is InChI=1S/C20H20ClN5O3/c1-3-29-20(27)12-4-7-14(8-5-12)25-18-17(22)19(24-11-23-18)26-15-10-13(21)6-9-16(15)28-2/h4-11H,3,22H2,1-2H3,(H2,23,24,25,26). The number of nitrogens with one attached hydrogen (secondary N) is 2. The smallest absolute Gasteiger partial charge is 0.338 e. The number of ether oxygens (including phenoxy) is 2. The maximum atomic E-state index is 11.8. The monoisotopic (exact) mass is 413 g/mol. The van der Waals surface area contributed by atoms with Crippen LogP contribution in [0.5, 0.6) is 5.75 Å². The summed E-state index contributed by atoms with van der Waals surface area (Å²) < 4.78 is 10.3. The van der Waals surface area contributed by atoms with Gasteiger partial charge in [-0.05, 0) is 49.4 Å². The van der Waals surface area contributed by atoms with Crippen LogP contribution in [0.1, 0.15) is 17.3 Å². The highest BCUT2D eigenvalue weighted by atomic mass is 35.5. The predicted octanol–water partition coefficient (Wildman–Crippen LogP) is 4.38. The van der Waals surface area contributed by atoms with Crippen molar-refractivity contribution in [2.75, 3.05) is 30.1 Å². The molecule has 0 spiro atoms. The van der Waals surface area contributed by atoms with E-state index in [1.165, 1.54) is 6.33 Å². The summed E-state index contributed by atoms with van der Waals surface area (Å²) in [7, 11) is 1.56. The Morgan fingerprint density at radius 1 is 1.10 bits per heavy atom. The third-order valence-electron chi connectivity index (χ3n) is 3.96. The normalized spacial score (nSPS) is 10.3. The fraction of sp³-hybridized carbons (Fsp3) is 0.150. The molecule has 29 heavy (non-hydrogen) atoms. The van der Waals surface area contributed by atoms with Crippen molar-refractivity contribution in [1.82, 2.24) is 9.97 Å². The number of carbonyl (C=O) groups is 1. The summed E-state index contributed by atoms with van der Waals surface area (Å²) in [6.45, 7) is 2.08. The van der Waals surface area contributed by atoms with Crippen molar-refractivity contribution in [1.29, 1.82) is 0 Å². The molecule has 2 aromatic carbocycles. The quantitative estimate of drug-likeness (QED) is 0.489. The van der Waals surface area contributed by atoms with Crippen molar-refractivity contribution in [3.8, 4) is 5.75 Å². The molecule has 0 atom stereocenters. The Hall–Kier alpha value is -3.52. The minimum Gasteiger partial charge on any atom is -0.495 e. The fourth-order valence-electron chi connectivity index (χ4n) is 2.54. The van der Waals surface area contributed by atoms with Gasteiger partial charge in [-0.1, -0.05) is 11.6 Å². The van der Waals surface area contributed by atoms with Crippen molar-refractivity contribution in [2.24, 2.45) is 0 Å². The molecule has 3 aromatic rings. The summed E-state index contributed by atoms with van der Waals surface area (Å²) in [6.07, 6.45) is 1.38. The van der Waals surface area contributed by atoms with Crippen LogP contribution in [0.3, 0.4) is 0 Å². The SMILES string of the molecule is CCOC(=O)c1ccc(Nc2ncnc(Nc3cc(Cl)ccc3OC)c2N)cc1. The zero-order valence-electron chi connectivity index (χ0n) is 15.9. The van der Waals surface area contributed by atoms with Gasteiger partial charge in [0.25, 0.3) is 0 Å². The summed E-state index contributed by atoms with van der Waals surface area (Å²) >= 11 is 6.07. The van der Waals surface area contributed by atoms with Gasteiger partial charge in [-0.25, -0.2) is 14.8 Å². The average molecular weight is 414 g/mol. The Balaban J connectivity index is 1.80. The van der Waals surface area contributed by atoms with Gasteiger partial charge in [0.1, 0.15) is 17.8 Å². The largest absolute Gasteiger partial charge is 0.495 e. The van der Waals surface area contributed by atoms with Crippen LogP contribution in [0, 0.1) is 0 Å². The molecule has 1 heterocycles. The molecule has 1 aromatic heterocycles. The van der Waals surface area contributed by atoms with Gasteiger partial charge in [0.2, 0.25) is 0 Å². The molecule has 0 saturated heterocycles. The fourth-order valence-corrected chi connectivity index (χ4v) is 2.71. The van der Waals surface area contributed by atoms with E-state index in [2.05, 4.69) is 20.6 Å². The highest BCUT2D eigenvalue weighted by Crippen LogP contribution is 2.33. The second-order valence-electron chi connectivity index (χ2n) is 5.88.